The van der Waals surface area contributed by atoms with Gasteiger partial charge < -0.3 is 16.0 Å². The zero-order chi connectivity index (χ0) is 20.1. The third-order valence-corrected chi connectivity index (χ3v) is 5.03. The summed E-state index contributed by atoms with van der Waals surface area (Å²) in [4.78, 5) is 37.1. The van der Waals surface area contributed by atoms with Crippen LogP contribution < -0.4 is 16.0 Å². The number of nitrogens with one attached hydrogen (secondary N) is 3. The van der Waals surface area contributed by atoms with Gasteiger partial charge in [-0.1, -0.05) is 23.7 Å². The summed E-state index contributed by atoms with van der Waals surface area (Å²) in [5.74, 6) is -0.939. The molecule has 8 heteroatoms. The van der Waals surface area contributed by atoms with Crippen LogP contribution in [-0.4, -0.2) is 24.8 Å². The quantitative estimate of drug-likeness (QED) is 0.583. The molecular formula is C20H16ClN3O3S. The van der Waals surface area contributed by atoms with Crippen LogP contribution in [0.5, 0.6) is 0 Å². The van der Waals surface area contributed by atoms with E-state index in [0.717, 1.165) is 0 Å². The first kappa shape index (κ1) is 19.6. The Kier molecular flexibility index (Phi) is 6.08. The lowest BCUT2D eigenvalue weighted by molar-refractivity contribution is 0.0961. The van der Waals surface area contributed by atoms with Crippen LogP contribution in [0.1, 0.15) is 30.4 Å². The summed E-state index contributed by atoms with van der Waals surface area (Å²) in [6, 6.07) is 14.7. The fraction of sp³-hybridized carbons (Fsp3) is 0.0500. The Hall–Kier alpha value is -3.16. The van der Waals surface area contributed by atoms with E-state index in [9.17, 15) is 14.4 Å². The number of halogens is 1. The second-order valence-corrected chi connectivity index (χ2v) is 7.09. The van der Waals surface area contributed by atoms with Gasteiger partial charge in [-0.3, -0.25) is 14.4 Å². The van der Waals surface area contributed by atoms with Crippen LogP contribution in [-0.2, 0) is 0 Å². The van der Waals surface area contributed by atoms with Crippen LogP contribution in [0.3, 0.4) is 0 Å². The molecule has 0 spiro atoms. The molecule has 6 nitrogen and oxygen atoms in total. The van der Waals surface area contributed by atoms with Gasteiger partial charge in [-0.25, -0.2) is 0 Å². The highest BCUT2D eigenvalue weighted by atomic mass is 35.5. The van der Waals surface area contributed by atoms with Gasteiger partial charge in [0.15, 0.2) is 0 Å². The summed E-state index contributed by atoms with van der Waals surface area (Å²) in [5.41, 5.74) is 1.56. The Labute approximate surface area is 170 Å². The second-order valence-electron chi connectivity index (χ2n) is 5.74. The minimum Gasteiger partial charge on any atom is -0.355 e. The van der Waals surface area contributed by atoms with Gasteiger partial charge in [0, 0.05) is 23.9 Å². The van der Waals surface area contributed by atoms with Gasteiger partial charge in [0.1, 0.15) is 0 Å². The van der Waals surface area contributed by atoms with Crippen molar-refractivity contribution in [3.63, 3.8) is 0 Å². The Bertz CT molecular complexity index is 1030. The number of hydrogen-bond acceptors (Lipinski definition) is 4. The van der Waals surface area contributed by atoms with E-state index in [2.05, 4.69) is 16.0 Å². The number of hydrogen-bond donors (Lipinski definition) is 3. The highest BCUT2D eigenvalue weighted by molar-refractivity contribution is 7.12. The number of carbonyl (C=O) groups excluding carboxylic acids is 3. The summed E-state index contributed by atoms with van der Waals surface area (Å²) in [6.07, 6.45) is 0. The van der Waals surface area contributed by atoms with E-state index in [1.807, 2.05) is 0 Å². The molecule has 142 valence electrons. The SMILES string of the molecule is CNC(=O)c1cccc(NC(=O)c2ccc(Cl)c(NC(=O)c3cccs3)c2)c1. The van der Waals surface area contributed by atoms with E-state index >= 15 is 0 Å². The number of carbonyl (C=O) groups is 3. The van der Waals surface area contributed by atoms with Crippen molar-refractivity contribution < 1.29 is 14.4 Å². The van der Waals surface area contributed by atoms with Gasteiger partial charge in [0.25, 0.3) is 17.7 Å². The lowest BCUT2D eigenvalue weighted by atomic mass is 10.1. The molecule has 3 N–H and O–H groups in total. The number of benzene rings is 2. The van der Waals surface area contributed by atoms with E-state index in [1.165, 1.54) is 24.5 Å². The summed E-state index contributed by atoms with van der Waals surface area (Å²) >= 11 is 7.46. The summed E-state index contributed by atoms with van der Waals surface area (Å²) in [6.45, 7) is 0. The molecule has 0 aliphatic carbocycles. The first-order chi connectivity index (χ1) is 13.5. The first-order valence-corrected chi connectivity index (χ1v) is 9.51. The lowest BCUT2D eigenvalue weighted by Gasteiger charge is -2.10. The topological polar surface area (TPSA) is 87.3 Å². The van der Waals surface area contributed by atoms with Gasteiger partial charge >= 0.3 is 0 Å². The van der Waals surface area contributed by atoms with Crippen molar-refractivity contribution in [2.45, 2.75) is 0 Å². The molecule has 2 aromatic carbocycles. The van der Waals surface area contributed by atoms with Crippen molar-refractivity contribution in [3.05, 3.63) is 81.0 Å². The maximum absolute atomic E-state index is 12.6. The molecule has 0 unspecified atom stereocenters. The second kappa shape index (κ2) is 8.69. The largest absolute Gasteiger partial charge is 0.355 e. The van der Waals surface area contributed by atoms with Gasteiger partial charge in [-0.15, -0.1) is 11.3 Å². The van der Waals surface area contributed by atoms with E-state index in [0.29, 0.717) is 32.4 Å². The fourth-order valence-corrected chi connectivity index (χ4v) is 3.22. The molecule has 0 atom stereocenters. The average Bonchev–Trinajstić information content (AvgIpc) is 3.24. The van der Waals surface area contributed by atoms with Gasteiger partial charge in [-0.2, -0.15) is 0 Å². The molecule has 1 heterocycles. The van der Waals surface area contributed by atoms with Crippen LogP contribution >= 0.6 is 22.9 Å². The molecule has 0 aliphatic heterocycles. The normalized spacial score (nSPS) is 10.2. The van der Waals surface area contributed by atoms with Crippen molar-refractivity contribution in [1.82, 2.24) is 5.32 Å². The zero-order valence-electron chi connectivity index (χ0n) is 14.8. The van der Waals surface area contributed by atoms with Crippen LogP contribution in [0.2, 0.25) is 5.02 Å². The standard InChI is InChI=1S/C20H16ClN3O3S/c1-22-18(25)12-4-2-5-14(10-12)23-19(26)13-7-8-15(21)16(11-13)24-20(27)17-6-3-9-28-17/h2-11H,1H3,(H,22,25)(H,23,26)(H,24,27). The predicted octanol–water partition coefficient (Wildman–Crippen LogP) is 4.27. The zero-order valence-corrected chi connectivity index (χ0v) is 16.4. The number of amides is 3. The fourth-order valence-electron chi connectivity index (χ4n) is 2.44. The van der Waals surface area contributed by atoms with Crippen molar-refractivity contribution >= 4 is 52.0 Å². The molecule has 1 aromatic heterocycles. The molecule has 3 amide bonds. The van der Waals surface area contributed by atoms with E-state index in [1.54, 1.807) is 53.9 Å². The maximum atomic E-state index is 12.6. The number of rotatable bonds is 5. The molecular weight excluding hydrogens is 398 g/mol. The van der Waals surface area contributed by atoms with E-state index < -0.39 is 5.91 Å². The minimum absolute atomic E-state index is 0.249. The van der Waals surface area contributed by atoms with Crippen molar-refractivity contribution in [1.29, 1.82) is 0 Å². The Balaban J connectivity index is 1.77. The molecule has 0 radical (unpaired) electrons. The molecule has 0 saturated carbocycles. The Morgan fingerprint density at radius 1 is 0.857 bits per heavy atom. The maximum Gasteiger partial charge on any atom is 0.265 e. The van der Waals surface area contributed by atoms with Gasteiger partial charge in [0.2, 0.25) is 0 Å². The third-order valence-electron chi connectivity index (χ3n) is 3.83. The van der Waals surface area contributed by atoms with Gasteiger partial charge in [-0.05, 0) is 47.8 Å². The molecule has 3 rings (SSSR count). The predicted molar refractivity (Wildman–Crippen MR) is 112 cm³/mol. The van der Waals surface area contributed by atoms with Crippen LogP contribution in [0, 0.1) is 0 Å². The number of thiophene rings is 1. The molecule has 0 saturated heterocycles. The average molecular weight is 414 g/mol. The molecule has 0 aliphatic rings. The van der Waals surface area contributed by atoms with Crippen molar-refractivity contribution in [3.8, 4) is 0 Å². The smallest absolute Gasteiger partial charge is 0.265 e. The van der Waals surface area contributed by atoms with Gasteiger partial charge in [0.05, 0.1) is 15.6 Å². The molecule has 0 bridgehead atoms. The minimum atomic E-state index is -0.391. The summed E-state index contributed by atoms with van der Waals surface area (Å²) in [5, 5.41) is 10.1. The monoisotopic (exact) mass is 413 g/mol. The Morgan fingerprint density at radius 2 is 1.64 bits per heavy atom. The highest BCUT2D eigenvalue weighted by Gasteiger charge is 2.14. The van der Waals surface area contributed by atoms with E-state index in [4.69, 9.17) is 11.6 Å². The molecule has 28 heavy (non-hydrogen) atoms. The molecule has 3 aromatic rings. The first-order valence-electron chi connectivity index (χ1n) is 8.26. The van der Waals surface area contributed by atoms with Crippen molar-refractivity contribution in [2.75, 3.05) is 17.7 Å². The lowest BCUT2D eigenvalue weighted by Crippen LogP contribution is -2.18. The van der Waals surface area contributed by atoms with E-state index in [-0.39, 0.29) is 11.8 Å². The van der Waals surface area contributed by atoms with Crippen LogP contribution in [0.25, 0.3) is 0 Å². The Morgan fingerprint density at radius 3 is 2.36 bits per heavy atom. The summed E-state index contributed by atoms with van der Waals surface area (Å²) in [7, 11) is 1.54. The van der Waals surface area contributed by atoms with Crippen LogP contribution in [0.15, 0.2) is 60.0 Å². The number of anilines is 2. The van der Waals surface area contributed by atoms with Crippen LogP contribution in [0.4, 0.5) is 11.4 Å². The highest BCUT2D eigenvalue weighted by Crippen LogP contribution is 2.25. The molecule has 0 fully saturated rings. The third kappa shape index (κ3) is 4.57. The van der Waals surface area contributed by atoms with Crippen molar-refractivity contribution in [2.24, 2.45) is 0 Å². The summed E-state index contributed by atoms with van der Waals surface area (Å²) < 4.78 is 0.